The Hall–Kier alpha value is -2.25. The summed E-state index contributed by atoms with van der Waals surface area (Å²) < 4.78 is 11.2. The molecule has 0 aliphatic carbocycles. The van der Waals surface area contributed by atoms with Crippen molar-refractivity contribution in [3.05, 3.63) is 47.3 Å². The Morgan fingerprint density at radius 1 is 1.35 bits per heavy atom. The summed E-state index contributed by atoms with van der Waals surface area (Å²) in [7, 11) is 0. The molecule has 1 amide bonds. The van der Waals surface area contributed by atoms with E-state index < -0.39 is 0 Å². The third kappa shape index (κ3) is 4.61. The molecule has 1 aliphatic heterocycles. The molecule has 0 saturated carbocycles. The van der Waals surface area contributed by atoms with Crippen molar-refractivity contribution in [1.29, 1.82) is 0 Å². The summed E-state index contributed by atoms with van der Waals surface area (Å²) in [4.78, 5) is 11.8. The molecule has 7 heteroatoms. The standard InChI is InChI=1S/C16H20N4O3/c21-16(15-10-18-20-19-15)17-9-12-2-1-3-13(8-12)11-23-14-4-6-22-7-5-14/h1-3,8,10,14H,4-7,9,11H2,(H,17,21)(H,18,19,20). The van der Waals surface area contributed by atoms with Crippen molar-refractivity contribution >= 4 is 5.91 Å². The van der Waals surface area contributed by atoms with Crippen LogP contribution in [-0.4, -0.2) is 40.6 Å². The number of nitrogens with one attached hydrogen (secondary N) is 2. The number of H-pyrrole nitrogens is 1. The molecule has 7 nitrogen and oxygen atoms in total. The number of ether oxygens (including phenoxy) is 2. The summed E-state index contributed by atoms with van der Waals surface area (Å²) in [6.45, 7) is 2.57. The maximum absolute atomic E-state index is 11.8. The third-order valence-corrected chi connectivity index (χ3v) is 3.75. The van der Waals surface area contributed by atoms with Crippen LogP contribution in [0, 0.1) is 0 Å². The molecule has 1 aromatic carbocycles. The Bertz CT molecular complexity index is 624. The van der Waals surface area contributed by atoms with Crippen LogP contribution in [0.5, 0.6) is 0 Å². The minimum atomic E-state index is -0.248. The smallest absolute Gasteiger partial charge is 0.273 e. The second-order valence-electron chi connectivity index (χ2n) is 5.48. The highest BCUT2D eigenvalue weighted by molar-refractivity contribution is 5.91. The molecule has 122 valence electrons. The number of benzene rings is 1. The average molecular weight is 316 g/mol. The van der Waals surface area contributed by atoms with Crippen LogP contribution in [0.15, 0.2) is 30.5 Å². The van der Waals surface area contributed by atoms with Crippen LogP contribution in [0.2, 0.25) is 0 Å². The Morgan fingerprint density at radius 2 is 2.17 bits per heavy atom. The first-order valence-corrected chi connectivity index (χ1v) is 7.72. The molecule has 1 fully saturated rings. The van der Waals surface area contributed by atoms with E-state index in [0.717, 1.165) is 37.2 Å². The summed E-state index contributed by atoms with van der Waals surface area (Å²) in [5, 5.41) is 12.6. The highest BCUT2D eigenvalue weighted by Crippen LogP contribution is 2.14. The lowest BCUT2D eigenvalue weighted by Crippen LogP contribution is -2.24. The van der Waals surface area contributed by atoms with Crippen LogP contribution in [0.4, 0.5) is 0 Å². The van der Waals surface area contributed by atoms with Crippen molar-refractivity contribution in [2.24, 2.45) is 0 Å². The van der Waals surface area contributed by atoms with Gasteiger partial charge in [-0.15, -0.1) is 0 Å². The molecule has 1 aliphatic rings. The van der Waals surface area contributed by atoms with E-state index in [9.17, 15) is 4.79 Å². The van der Waals surface area contributed by atoms with Crippen molar-refractivity contribution in [3.63, 3.8) is 0 Å². The van der Waals surface area contributed by atoms with Crippen LogP contribution in [0.1, 0.15) is 34.5 Å². The molecule has 0 unspecified atom stereocenters. The highest BCUT2D eigenvalue weighted by atomic mass is 16.5. The number of nitrogens with zero attached hydrogens (tertiary/aromatic N) is 2. The normalized spacial score (nSPS) is 15.5. The number of aromatic amines is 1. The molecular formula is C16H20N4O3. The average Bonchev–Trinajstić information content (AvgIpc) is 3.14. The van der Waals surface area contributed by atoms with E-state index in [2.05, 4.69) is 20.7 Å². The molecular weight excluding hydrogens is 296 g/mol. The third-order valence-electron chi connectivity index (χ3n) is 3.75. The van der Waals surface area contributed by atoms with Crippen molar-refractivity contribution in [2.45, 2.75) is 32.1 Å². The number of aromatic nitrogens is 3. The predicted molar refractivity (Wildman–Crippen MR) is 82.6 cm³/mol. The van der Waals surface area contributed by atoms with Crippen LogP contribution in [0.3, 0.4) is 0 Å². The topological polar surface area (TPSA) is 89.1 Å². The van der Waals surface area contributed by atoms with E-state index in [1.165, 1.54) is 6.20 Å². The summed E-state index contributed by atoms with van der Waals surface area (Å²) >= 11 is 0. The van der Waals surface area contributed by atoms with Gasteiger partial charge in [-0.3, -0.25) is 4.79 Å². The lowest BCUT2D eigenvalue weighted by Gasteiger charge is -2.22. The molecule has 2 N–H and O–H groups in total. The second-order valence-corrected chi connectivity index (χ2v) is 5.48. The van der Waals surface area contributed by atoms with E-state index in [0.29, 0.717) is 13.2 Å². The van der Waals surface area contributed by atoms with Gasteiger partial charge < -0.3 is 14.8 Å². The van der Waals surface area contributed by atoms with Gasteiger partial charge in [-0.05, 0) is 24.0 Å². The number of hydrogen-bond acceptors (Lipinski definition) is 5. The predicted octanol–water partition coefficient (Wildman–Crippen LogP) is 1.43. The number of amides is 1. The first kappa shape index (κ1) is 15.6. The largest absolute Gasteiger partial charge is 0.381 e. The van der Waals surface area contributed by atoms with Gasteiger partial charge in [-0.2, -0.15) is 15.4 Å². The molecule has 0 radical (unpaired) electrons. The highest BCUT2D eigenvalue weighted by Gasteiger charge is 2.14. The Balaban J connectivity index is 1.49. The lowest BCUT2D eigenvalue weighted by molar-refractivity contribution is -0.0390. The summed E-state index contributed by atoms with van der Waals surface area (Å²) in [5.41, 5.74) is 2.41. The summed E-state index contributed by atoms with van der Waals surface area (Å²) in [5.74, 6) is -0.248. The zero-order valence-corrected chi connectivity index (χ0v) is 12.8. The van der Waals surface area contributed by atoms with Crippen molar-refractivity contribution < 1.29 is 14.3 Å². The molecule has 0 atom stereocenters. The van der Waals surface area contributed by atoms with Crippen LogP contribution in [-0.2, 0) is 22.6 Å². The Labute approximate surface area is 134 Å². The SMILES string of the molecule is O=C(NCc1cccc(COC2CCOCC2)c1)c1cn[nH]n1. The Kier molecular flexibility index (Phi) is 5.33. The van der Waals surface area contributed by atoms with E-state index in [4.69, 9.17) is 9.47 Å². The van der Waals surface area contributed by atoms with Crippen molar-refractivity contribution in [1.82, 2.24) is 20.7 Å². The van der Waals surface area contributed by atoms with Crippen LogP contribution >= 0.6 is 0 Å². The summed E-state index contributed by atoms with van der Waals surface area (Å²) in [6.07, 6.45) is 3.58. The molecule has 2 aromatic rings. The monoisotopic (exact) mass is 316 g/mol. The van der Waals surface area contributed by atoms with Crippen LogP contribution < -0.4 is 5.32 Å². The van der Waals surface area contributed by atoms with E-state index >= 15 is 0 Å². The molecule has 1 aromatic heterocycles. The van der Waals surface area contributed by atoms with Crippen molar-refractivity contribution in [3.8, 4) is 0 Å². The number of carbonyl (C=O) groups excluding carboxylic acids is 1. The van der Waals surface area contributed by atoms with Gasteiger partial charge in [-0.25, -0.2) is 0 Å². The lowest BCUT2D eigenvalue weighted by atomic mass is 10.1. The van der Waals surface area contributed by atoms with Gasteiger partial charge >= 0.3 is 0 Å². The second kappa shape index (κ2) is 7.85. The number of carbonyl (C=O) groups is 1. The van der Waals surface area contributed by atoms with Gasteiger partial charge in [0.15, 0.2) is 5.69 Å². The molecule has 0 spiro atoms. The van der Waals surface area contributed by atoms with Gasteiger partial charge in [0, 0.05) is 19.8 Å². The molecule has 1 saturated heterocycles. The molecule has 2 heterocycles. The van der Waals surface area contributed by atoms with Crippen molar-refractivity contribution in [2.75, 3.05) is 13.2 Å². The van der Waals surface area contributed by atoms with Gasteiger partial charge in [-0.1, -0.05) is 24.3 Å². The summed E-state index contributed by atoms with van der Waals surface area (Å²) in [6, 6.07) is 8.02. The van der Waals surface area contributed by atoms with Gasteiger partial charge in [0.05, 0.1) is 18.9 Å². The number of rotatable bonds is 6. The molecule has 23 heavy (non-hydrogen) atoms. The van der Waals surface area contributed by atoms with Gasteiger partial charge in [0.2, 0.25) is 0 Å². The maximum atomic E-state index is 11.8. The molecule has 3 rings (SSSR count). The molecule has 0 bridgehead atoms. The van der Waals surface area contributed by atoms with Crippen LogP contribution in [0.25, 0.3) is 0 Å². The van der Waals surface area contributed by atoms with E-state index in [1.54, 1.807) is 0 Å². The fourth-order valence-electron chi connectivity index (χ4n) is 2.47. The quantitative estimate of drug-likeness (QED) is 0.841. The van der Waals surface area contributed by atoms with Gasteiger partial charge in [0.1, 0.15) is 0 Å². The first-order valence-electron chi connectivity index (χ1n) is 7.72. The van der Waals surface area contributed by atoms with E-state index in [-0.39, 0.29) is 17.7 Å². The first-order chi connectivity index (χ1) is 11.3. The fraction of sp³-hybridized carbons (Fsp3) is 0.438. The number of hydrogen-bond donors (Lipinski definition) is 2. The zero-order chi connectivity index (χ0) is 15.9. The minimum Gasteiger partial charge on any atom is -0.381 e. The zero-order valence-electron chi connectivity index (χ0n) is 12.8. The maximum Gasteiger partial charge on any atom is 0.273 e. The Morgan fingerprint density at radius 3 is 2.96 bits per heavy atom. The van der Waals surface area contributed by atoms with Gasteiger partial charge in [0.25, 0.3) is 5.91 Å². The fourth-order valence-corrected chi connectivity index (χ4v) is 2.47. The minimum absolute atomic E-state index is 0.248. The van der Waals surface area contributed by atoms with E-state index in [1.807, 2.05) is 24.3 Å².